The van der Waals surface area contributed by atoms with Crippen LogP contribution in [0.2, 0.25) is 0 Å². The Labute approximate surface area is 98.4 Å². The maximum absolute atomic E-state index is 3.56. The molecule has 1 N–H and O–H groups in total. The number of nitrogens with zero attached hydrogens (tertiary/aromatic N) is 1. The lowest BCUT2D eigenvalue weighted by Crippen LogP contribution is -2.22. The average molecular weight is 218 g/mol. The average Bonchev–Trinajstić information content (AvgIpc) is 2.78. The molecule has 0 amide bonds. The first-order chi connectivity index (χ1) is 7.88. The number of aromatic nitrogens is 1. The highest BCUT2D eigenvalue weighted by Gasteiger charge is 2.08. The Bertz CT molecular complexity index is 338. The molecule has 2 nitrogen and oxygen atoms in total. The van der Waals surface area contributed by atoms with Crippen molar-refractivity contribution in [1.82, 2.24) is 9.88 Å². The molecular formula is C14H22N2. The molecule has 1 aromatic heterocycles. The van der Waals surface area contributed by atoms with Crippen molar-refractivity contribution in [3.8, 4) is 0 Å². The topological polar surface area (TPSA) is 17.0 Å². The monoisotopic (exact) mass is 218 g/mol. The highest BCUT2D eigenvalue weighted by atomic mass is 14.9. The first-order valence-corrected chi connectivity index (χ1v) is 6.39. The van der Waals surface area contributed by atoms with E-state index in [-0.39, 0.29) is 0 Å². The van der Waals surface area contributed by atoms with Gasteiger partial charge in [0.1, 0.15) is 0 Å². The van der Waals surface area contributed by atoms with Crippen LogP contribution in [0.3, 0.4) is 0 Å². The maximum atomic E-state index is 3.56. The van der Waals surface area contributed by atoms with Gasteiger partial charge in [0, 0.05) is 25.5 Å². The molecule has 16 heavy (non-hydrogen) atoms. The fourth-order valence-electron chi connectivity index (χ4n) is 2.25. The highest BCUT2D eigenvalue weighted by Crippen LogP contribution is 2.17. The van der Waals surface area contributed by atoms with E-state index in [1.54, 1.807) is 0 Å². The summed E-state index contributed by atoms with van der Waals surface area (Å²) in [5.74, 6) is 0.846. The summed E-state index contributed by atoms with van der Waals surface area (Å²) in [7, 11) is 0. The Hall–Kier alpha value is -1.02. The molecule has 1 heterocycles. The zero-order valence-corrected chi connectivity index (χ0v) is 10.2. The van der Waals surface area contributed by atoms with Crippen LogP contribution in [0.4, 0.5) is 0 Å². The van der Waals surface area contributed by atoms with Gasteiger partial charge in [-0.15, -0.1) is 0 Å². The Morgan fingerprint density at radius 2 is 2.38 bits per heavy atom. The summed E-state index contributed by atoms with van der Waals surface area (Å²) >= 11 is 0. The molecule has 1 unspecified atom stereocenters. The molecule has 2 rings (SSSR count). The van der Waals surface area contributed by atoms with Gasteiger partial charge in [0.2, 0.25) is 0 Å². The minimum Gasteiger partial charge on any atom is -0.354 e. The van der Waals surface area contributed by atoms with E-state index >= 15 is 0 Å². The van der Waals surface area contributed by atoms with Crippen LogP contribution in [0.5, 0.6) is 0 Å². The van der Waals surface area contributed by atoms with E-state index in [0.717, 1.165) is 25.6 Å². The fourth-order valence-corrected chi connectivity index (χ4v) is 2.25. The van der Waals surface area contributed by atoms with Crippen molar-refractivity contribution in [2.45, 2.75) is 39.3 Å². The molecule has 0 spiro atoms. The van der Waals surface area contributed by atoms with Gasteiger partial charge >= 0.3 is 0 Å². The van der Waals surface area contributed by atoms with Crippen molar-refractivity contribution in [2.24, 2.45) is 5.92 Å². The molecule has 0 saturated heterocycles. The second-order valence-electron chi connectivity index (χ2n) is 4.63. The smallest absolute Gasteiger partial charge is 0.0220 e. The van der Waals surface area contributed by atoms with E-state index in [4.69, 9.17) is 0 Å². The van der Waals surface area contributed by atoms with E-state index in [1.165, 1.54) is 24.8 Å². The normalized spacial score (nSPS) is 20.2. The summed E-state index contributed by atoms with van der Waals surface area (Å²) in [6, 6.07) is 2.21. The van der Waals surface area contributed by atoms with Crippen molar-refractivity contribution >= 4 is 0 Å². The van der Waals surface area contributed by atoms with Gasteiger partial charge in [-0.05, 0) is 50.3 Å². The Balaban J connectivity index is 1.69. The van der Waals surface area contributed by atoms with Crippen LogP contribution in [0.15, 0.2) is 30.6 Å². The number of hydrogen-bond donors (Lipinski definition) is 1. The Morgan fingerprint density at radius 1 is 1.44 bits per heavy atom. The minimum atomic E-state index is 0.846. The summed E-state index contributed by atoms with van der Waals surface area (Å²) in [5.41, 5.74) is 1.40. The molecule has 0 aliphatic heterocycles. The van der Waals surface area contributed by atoms with Gasteiger partial charge in [-0.1, -0.05) is 12.2 Å². The molecule has 1 atom stereocenters. The van der Waals surface area contributed by atoms with Gasteiger partial charge < -0.3 is 9.88 Å². The van der Waals surface area contributed by atoms with Crippen LogP contribution in [-0.4, -0.2) is 11.1 Å². The third-order valence-electron chi connectivity index (χ3n) is 3.32. The predicted molar refractivity (Wildman–Crippen MR) is 68.3 cm³/mol. The van der Waals surface area contributed by atoms with Gasteiger partial charge in [-0.3, -0.25) is 0 Å². The zero-order valence-electron chi connectivity index (χ0n) is 10.2. The molecule has 88 valence electrons. The van der Waals surface area contributed by atoms with Gasteiger partial charge in [0.15, 0.2) is 0 Å². The summed E-state index contributed by atoms with van der Waals surface area (Å²) in [6.45, 7) is 5.40. The van der Waals surface area contributed by atoms with Crippen molar-refractivity contribution in [1.29, 1.82) is 0 Å². The van der Waals surface area contributed by atoms with Crippen LogP contribution in [0, 0.1) is 5.92 Å². The quantitative estimate of drug-likeness (QED) is 0.752. The predicted octanol–water partition coefficient (Wildman–Crippen LogP) is 2.95. The summed E-state index contributed by atoms with van der Waals surface area (Å²) in [5, 5.41) is 3.56. The number of allylic oxidation sites excluding steroid dienone is 2. The van der Waals surface area contributed by atoms with Crippen molar-refractivity contribution < 1.29 is 0 Å². The second kappa shape index (κ2) is 5.90. The molecule has 0 radical (unpaired) electrons. The first kappa shape index (κ1) is 11.5. The molecule has 1 aliphatic rings. The molecule has 1 aliphatic carbocycles. The number of aryl methyl sites for hydroxylation is 1. The van der Waals surface area contributed by atoms with E-state index in [2.05, 4.69) is 47.4 Å². The number of rotatable bonds is 5. The summed E-state index contributed by atoms with van der Waals surface area (Å²) in [6.07, 6.45) is 12.9. The van der Waals surface area contributed by atoms with E-state index in [0.29, 0.717) is 0 Å². The maximum Gasteiger partial charge on any atom is 0.0220 e. The van der Waals surface area contributed by atoms with Crippen LogP contribution in [-0.2, 0) is 13.1 Å². The summed E-state index contributed by atoms with van der Waals surface area (Å²) in [4.78, 5) is 0. The van der Waals surface area contributed by atoms with Gasteiger partial charge in [0.25, 0.3) is 0 Å². The van der Waals surface area contributed by atoms with Crippen LogP contribution < -0.4 is 5.32 Å². The first-order valence-electron chi connectivity index (χ1n) is 6.39. The SMILES string of the molecule is CCn1ccc(CNCC2CC=CCC2)c1. The lowest BCUT2D eigenvalue weighted by molar-refractivity contribution is 0.440. The molecule has 1 aromatic rings. The fraction of sp³-hybridized carbons (Fsp3) is 0.571. The van der Waals surface area contributed by atoms with Crippen LogP contribution in [0.1, 0.15) is 31.7 Å². The van der Waals surface area contributed by atoms with E-state index in [9.17, 15) is 0 Å². The Morgan fingerprint density at radius 3 is 3.06 bits per heavy atom. The number of hydrogen-bond acceptors (Lipinski definition) is 1. The highest BCUT2D eigenvalue weighted by molar-refractivity contribution is 5.09. The minimum absolute atomic E-state index is 0.846. The lowest BCUT2D eigenvalue weighted by Gasteiger charge is -2.17. The second-order valence-corrected chi connectivity index (χ2v) is 4.63. The van der Waals surface area contributed by atoms with Crippen LogP contribution >= 0.6 is 0 Å². The third kappa shape index (κ3) is 3.24. The Kier molecular flexibility index (Phi) is 4.23. The summed E-state index contributed by atoms with van der Waals surface area (Å²) < 4.78 is 2.22. The standard InChI is InChI=1S/C14H22N2/c1-2-16-9-8-14(12-16)11-15-10-13-6-4-3-5-7-13/h3-4,8-9,12-13,15H,2,5-7,10-11H2,1H3. The molecule has 0 bridgehead atoms. The molecule has 2 heteroatoms. The molecule has 0 fully saturated rings. The lowest BCUT2D eigenvalue weighted by atomic mass is 9.94. The van der Waals surface area contributed by atoms with Gasteiger partial charge in [0.05, 0.1) is 0 Å². The molecular weight excluding hydrogens is 196 g/mol. The zero-order chi connectivity index (χ0) is 11.2. The van der Waals surface area contributed by atoms with Crippen molar-refractivity contribution in [3.05, 3.63) is 36.2 Å². The van der Waals surface area contributed by atoms with Gasteiger partial charge in [-0.2, -0.15) is 0 Å². The van der Waals surface area contributed by atoms with Crippen LogP contribution in [0.25, 0.3) is 0 Å². The molecule has 0 saturated carbocycles. The van der Waals surface area contributed by atoms with Gasteiger partial charge in [-0.25, -0.2) is 0 Å². The third-order valence-corrected chi connectivity index (χ3v) is 3.32. The number of nitrogens with one attached hydrogen (secondary N) is 1. The molecule has 0 aromatic carbocycles. The van der Waals surface area contributed by atoms with Crippen molar-refractivity contribution in [2.75, 3.05) is 6.54 Å². The van der Waals surface area contributed by atoms with E-state index < -0.39 is 0 Å². The largest absolute Gasteiger partial charge is 0.354 e. The van der Waals surface area contributed by atoms with Crippen molar-refractivity contribution in [3.63, 3.8) is 0 Å². The van der Waals surface area contributed by atoms with E-state index in [1.807, 2.05) is 0 Å².